The van der Waals surface area contributed by atoms with Gasteiger partial charge in [0.2, 0.25) is 0 Å². The first-order valence-electron chi connectivity index (χ1n) is 10.4. The Kier molecular flexibility index (Phi) is 13.1. The molecule has 1 saturated heterocycles. The van der Waals surface area contributed by atoms with E-state index in [2.05, 4.69) is 22.5 Å². The molecule has 0 radical (unpaired) electrons. The van der Waals surface area contributed by atoms with Crippen molar-refractivity contribution in [1.29, 1.82) is 0 Å². The maximum absolute atomic E-state index is 12.1. The Morgan fingerprint density at radius 2 is 1.87 bits per heavy atom. The minimum atomic E-state index is -0.502. The molecular weight excluding hydrogens is 501 g/mol. The summed E-state index contributed by atoms with van der Waals surface area (Å²) in [7, 11) is 3.15. The first-order valence-corrected chi connectivity index (χ1v) is 10.4. The van der Waals surface area contributed by atoms with Gasteiger partial charge >= 0.3 is 12.2 Å². The number of amides is 2. The van der Waals surface area contributed by atoms with Gasteiger partial charge in [0.1, 0.15) is 5.60 Å². The minimum absolute atomic E-state index is 0. The predicted octanol–water partition coefficient (Wildman–Crippen LogP) is 2.89. The van der Waals surface area contributed by atoms with E-state index in [1.165, 1.54) is 7.11 Å². The number of hydrogen-bond donors (Lipinski definition) is 2. The highest BCUT2D eigenvalue weighted by Gasteiger charge is 2.24. The Morgan fingerprint density at radius 1 is 1.27 bits per heavy atom. The standard InChI is InChI=1S/C20H39N5O4.HI/c1-8-21-17(23-16-9-11-25(12-10-16)19(27)28-7)22-13-15(2)14-24(6)18(26)29-20(3,4)5;/h15-16H,8-14H2,1-7H3,(H2,21,22,23);1H. The Morgan fingerprint density at radius 3 is 2.37 bits per heavy atom. The molecule has 9 nitrogen and oxygen atoms in total. The molecule has 1 aliphatic heterocycles. The Labute approximate surface area is 198 Å². The van der Waals surface area contributed by atoms with E-state index in [-0.39, 0.29) is 48.1 Å². The molecule has 2 N–H and O–H groups in total. The smallest absolute Gasteiger partial charge is 0.410 e. The fourth-order valence-electron chi connectivity index (χ4n) is 3.04. The molecule has 0 aromatic carbocycles. The normalized spacial score (nSPS) is 16.2. The van der Waals surface area contributed by atoms with Crippen LogP contribution >= 0.6 is 24.0 Å². The molecule has 0 bridgehead atoms. The SMILES string of the molecule is CCNC(=NCC(C)CN(C)C(=O)OC(C)(C)C)NC1CCN(C(=O)OC)CC1.I. The van der Waals surface area contributed by atoms with Crippen LogP contribution in [0.1, 0.15) is 47.5 Å². The van der Waals surface area contributed by atoms with E-state index in [1.54, 1.807) is 16.8 Å². The van der Waals surface area contributed by atoms with E-state index in [0.29, 0.717) is 26.2 Å². The third-order valence-corrected chi connectivity index (χ3v) is 4.46. The van der Waals surface area contributed by atoms with Crippen LogP contribution in [0.15, 0.2) is 4.99 Å². The predicted molar refractivity (Wildman–Crippen MR) is 130 cm³/mol. The van der Waals surface area contributed by atoms with E-state index in [4.69, 9.17) is 9.47 Å². The van der Waals surface area contributed by atoms with Crippen LogP contribution in [0.5, 0.6) is 0 Å². The summed E-state index contributed by atoms with van der Waals surface area (Å²) in [5.41, 5.74) is -0.502. The summed E-state index contributed by atoms with van der Waals surface area (Å²) < 4.78 is 10.2. The Balaban J connectivity index is 0.00000841. The van der Waals surface area contributed by atoms with Crippen LogP contribution in [0.3, 0.4) is 0 Å². The Bertz CT molecular complexity index is 560. The van der Waals surface area contributed by atoms with E-state index >= 15 is 0 Å². The zero-order valence-corrected chi connectivity index (χ0v) is 21.8. The van der Waals surface area contributed by atoms with Crippen molar-refractivity contribution >= 4 is 42.1 Å². The van der Waals surface area contributed by atoms with Crippen LogP contribution < -0.4 is 10.6 Å². The lowest BCUT2D eigenvalue weighted by Crippen LogP contribution is -2.50. The molecule has 0 saturated carbocycles. The molecule has 1 rings (SSSR count). The third-order valence-electron chi connectivity index (χ3n) is 4.46. The second-order valence-electron chi connectivity index (χ2n) is 8.56. The topological polar surface area (TPSA) is 95.5 Å². The average molecular weight is 541 g/mol. The maximum atomic E-state index is 12.1. The summed E-state index contributed by atoms with van der Waals surface area (Å²) in [5.74, 6) is 0.944. The second kappa shape index (κ2) is 13.8. The number of hydrogen-bond acceptors (Lipinski definition) is 5. The van der Waals surface area contributed by atoms with Gasteiger partial charge in [0.05, 0.1) is 7.11 Å². The molecule has 1 unspecified atom stereocenters. The highest BCUT2D eigenvalue weighted by Crippen LogP contribution is 2.12. The molecule has 30 heavy (non-hydrogen) atoms. The maximum Gasteiger partial charge on any atom is 0.410 e. The van der Waals surface area contributed by atoms with Crippen molar-refractivity contribution in [3.8, 4) is 0 Å². The number of nitrogens with one attached hydrogen (secondary N) is 2. The van der Waals surface area contributed by atoms with Crippen LogP contribution in [-0.2, 0) is 9.47 Å². The van der Waals surface area contributed by atoms with Crippen LogP contribution in [0.4, 0.5) is 9.59 Å². The van der Waals surface area contributed by atoms with Crippen molar-refractivity contribution in [3.63, 3.8) is 0 Å². The lowest BCUT2D eigenvalue weighted by Gasteiger charge is -2.32. The number of carbonyl (C=O) groups is 2. The lowest BCUT2D eigenvalue weighted by atomic mass is 10.1. The summed E-state index contributed by atoms with van der Waals surface area (Å²) in [6.07, 6.45) is 1.09. The molecule has 0 aromatic heterocycles. The number of nitrogens with zero attached hydrogens (tertiary/aromatic N) is 3. The van der Waals surface area contributed by atoms with Crippen molar-refractivity contribution in [3.05, 3.63) is 0 Å². The van der Waals surface area contributed by atoms with E-state index < -0.39 is 5.60 Å². The van der Waals surface area contributed by atoms with Crippen molar-refractivity contribution in [2.45, 2.75) is 59.1 Å². The van der Waals surface area contributed by atoms with Gasteiger partial charge in [0.15, 0.2) is 5.96 Å². The first kappa shape index (κ1) is 28.5. The molecular formula is C20H40IN5O4. The monoisotopic (exact) mass is 541 g/mol. The summed E-state index contributed by atoms with van der Waals surface area (Å²) in [4.78, 5) is 31.7. The third kappa shape index (κ3) is 11.1. The summed E-state index contributed by atoms with van der Waals surface area (Å²) >= 11 is 0. The number of methoxy groups -OCH3 is 1. The molecule has 0 aliphatic carbocycles. The number of ether oxygens (including phenoxy) is 2. The van der Waals surface area contributed by atoms with Gasteiger partial charge in [-0.05, 0) is 46.5 Å². The molecule has 1 heterocycles. The number of likely N-dealkylation sites (tertiary alicyclic amines) is 1. The van der Waals surface area contributed by atoms with Gasteiger partial charge in [-0.3, -0.25) is 4.99 Å². The van der Waals surface area contributed by atoms with E-state index in [1.807, 2.05) is 27.7 Å². The van der Waals surface area contributed by atoms with Crippen molar-refractivity contribution in [2.24, 2.45) is 10.9 Å². The molecule has 2 amide bonds. The second-order valence-corrected chi connectivity index (χ2v) is 8.56. The van der Waals surface area contributed by atoms with Crippen LogP contribution in [-0.4, -0.2) is 86.5 Å². The van der Waals surface area contributed by atoms with Gasteiger partial charge in [0.25, 0.3) is 0 Å². The van der Waals surface area contributed by atoms with E-state index in [0.717, 1.165) is 25.3 Å². The Hall–Kier alpha value is -1.46. The number of carbonyl (C=O) groups excluding carboxylic acids is 2. The van der Waals surface area contributed by atoms with Crippen molar-refractivity contribution < 1.29 is 19.1 Å². The van der Waals surface area contributed by atoms with Crippen LogP contribution in [0.25, 0.3) is 0 Å². The summed E-state index contributed by atoms with van der Waals surface area (Å²) in [6, 6.07) is 0.258. The van der Waals surface area contributed by atoms with Gasteiger partial charge in [-0.25, -0.2) is 9.59 Å². The van der Waals surface area contributed by atoms with Crippen molar-refractivity contribution in [2.75, 3.05) is 46.9 Å². The number of aliphatic imine (C=N–C) groups is 1. The van der Waals surface area contributed by atoms with Gasteiger partial charge in [0, 0.05) is 45.8 Å². The fourth-order valence-corrected chi connectivity index (χ4v) is 3.04. The number of halogens is 1. The van der Waals surface area contributed by atoms with Gasteiger partial charge in [-0.1, -0.05) is 6.92 Å². The van der Waals surface area contributed by atoms with Crippen LogP contribution in [0.2, 0.25) is 0 Å². The molecule has 1 aliphatic rings. The summed E-state index contributed by atoms with van der Waals surface area (Å²) in [6.45, 7) is 12.9. The highest BCUT2D eigenvalue weighted by molar-refractivity contribution is 14.0. The van der Waals surface area contributed by atoms with Gasteiger partial charge in [-0.2, -0.15) is 0 Å². The molecule has 0 spiro atoms. The van der Waals surface area contributed by atoms with E-state index in [9.17, 15) is 9.59 Å². The molecule has 1 fully saturated rings. The van der Waals surface area contributed by atoms with Crippen molar-refractivity contribution in [1.82, 2.24) is 20.4 Å². The molecule has 0 aromatic rings. The highest BCUT2D eigenvalue weighted by atomic mass is 127. The van der Waals surface area contributed by atoms with Crippen LogP contribution in [0, 0.1) is 5.92 Å². The lowest BCUT2D eigenvalue weighted by molar-refractivity contribution is 0.0278. The zero-order valence-electron chi connectivity index (χ0n) is 19.5. The average Bonchev–Trinajstić information content (AvgIpc) is 2.64. The largest absolute Gasteiger partial charge is 0.453 e. The van der Waals surface area contributed by atoms with Gasteiger partial charge in [-0.15, -0.1) is 24.0 Å². The number of rotatable bonds is 6. The molecule has 176 valence electrons. The minimum Gasteiger partial charge on any atom is -0.453 e. The first-order chi connectivity index (χ1) is 13.6. The molecule has 10 heteroatoms. The quantitative estimate of drug-likeness (QED) is 0.305. The summed E-state index contributed by atoms with van der Waals surface area (Å²) in [5, 5.41) is 6.72. The number of piperidine rings is 1. The fraction of sp³-hybridized carbons (Fsp3) is 0.850. The van der Waals surface area contributed by atoms with Gasteiger partial charge < -0.3 is 29.9 Å². The number of guanidine groups is 1. The molecule has 1 atom stereocenters. The zero-order chi connectivity index (χ0) is 22.0.